The maximum atomic E-state index is 9.41. The minimum atomic E-state index is -0.215. The molecule has 1 saturated carbocycles. The molecule has 2 rings (SSSR count). The van der Waals surface area contributed by atoms with Gasteiger partial charge in [0.25, 0.3) is 0 Å². The zero-order valence-corrected chi connectivity index (χ0v) is 7.33. The SMILES string of the molecule is C=C(O)C1(c2ccc(O)cc2)CC1. The standard InChI is InChI=1S/C11H12O2/c1-8(12)11(6-7-11)9-2-4-10(13)5-3-9/h2-5,12-13H,1,6-7H2. The third-order valence-corrected chi connectivity index (χ3v) is 2.72. The van der Waals surface area contributed by atoms with E-state index in [4.69, 9.17) is 5.11 Å². The summed E-state index contributed by atoms with van der Waals surface area (Å²) in [6.45, 7) is 3.58. The smallest absolute Gasteiger partial charge is 0.115 e. The number of aliphatic hydroxyl groups excluding tert-OH is 1. The largest absolute Gasteiger partial charge is 0.512 e. The van der Waals surface area contributed by atoms with E-state index in [1.165, 1.54) is 0 Å². The lowest BCUT2D eigenvalue weighted by atomic mass is 9.94. The predicted molar refractivity (Wildman–Crippen MR) is 50.8 cm³/mol. The number of aliphatic hydroxyl groups is 1. The molecule has 2 N–H and O–H groups in total. The summed E-state index contributed by atoms with van der Waals surface area (Å²) in [5.41, 5.74) is 0.825. The minimum Gasteiger partial charge on any atom is -0.512 e. The summed E-state index contributed by atoms with van der Waals surface area (Å²) in [5, 5.41) is 18.5. The van der Waals surface area contributed by atoms with E-state index in [-0.39, 0.29) is 16.9 Å². The Hall–Kier alpha value is -1.44. The molecule has 0 radical (unpaired) electrons. The second-order valence-electron chi connectivity index (χ2n) is 3.58. The molecule has 0 aliphatic heterocycles. The maximum Gasteiger partial charge on any atom is 0.115 e. The van der Waals surface area contributed by atoms with Crippen LogP contribution in [0.25, 0.3) is 0 Å². The predicted octanol–water partition coefficient (Wildman–Crippen LogP) is 2.50. The Morgan fingerprint density at radius 1 is 1.23 bits per heavy atom. The van der Waals surface area contributed by atoms with Crippen LogP contribution in [0.15, 0.2) is 36.6 Å². The van der Waals surface area contributed by atoms with Crippen LogP contribution >= 0.6 is 0 Å². The maximum absolute atomic E-state index is 9.41. The molecular weight excluding hydrogens is 164 g/mol. The van der Waals surface area contributed by atoms with E-state index < -0.39 is 0 Å². The highest BCUT2D eigenvalue weighted by Gasteiger charge is 2.47. The number of aromatic hydroxyl groups is 1. The van der Waals surface area contributed by atoms with Gasteiger partial charge >= 0.3 is 0 Å². The van der Waals surface area contributed by atoms with Crippen molar-refractivity contribution in [2.24, 2.45) is 0 Å². The minimum absolute atomic E-state index is 0.215. The van der Waals surface area contributed by atoms with Gasteiger partial charge in [-0.25, -0.2) is 0 Å². The molecule has 1 aromatic carbocycles. The Balaban J connectivity index is 2.36. The van der Waals surface area contributed by atoms with Crippen LogP contribution in [0.1, 0.15) is 18.4 Å². The molecule has 0 saturated heterocycles. The van der Waals surface area contributed by atoms with Crippen molar-refractivity contribution in [3.63, 3.8) is 0 Å². The molecule has 2 nitrogen and oxygen atoms in total. The molecule has 2 heteroatoms. The summed E-state index contributed by atoms with van der Waals surface area (Å²) in [7, 11) is 0. The Kier molecular flexibility index (Phi) is 1.59. The van der Waals surface area contributed by atoms with E-state index in [1.807, 2.05) is 12.1 Å². The first kappa shape index (κ1) is 8.17. The first-order valence-corrected chi connectivity index (χ1v) is 4.33. The highest BCUT2D eigenvalue weighted by atomic mass is 16.3. The molecule has 0 bridgehead atoms. The Bertz CT molecular complexity index is 334. The highest BCUT2D eigenvalue weighted by Crippen LogP contribution is 2.52. The number of allylic oxidation sites excluding steroid dienone is 1. The van der Waals surface area contributed by atoms with Crippen LogP contribution in [-0.4, -0.2) is 10.2 Å². The Morgan fingerprint density at radius 3 is 2.15 bits per heavy atom. The molecule has 0 heterocycles. The van der Waals surface area contributed by atoms with Crippen molar-refractivity contribution in [1.82, 2.24) is 0 Å². The van der Waals surface area contributed by atoms with Gasteiger partial charge in [-0.1, -0.05) is 18.7 Å². The van der Waals surface area contributed by atoms with E-state index in [2.05, 4.69) is 6.58 Å². The van der Waals surface area contributed by atoms with Crippen LogP contribution in [0.3, 0.4) is 0 Å². The number of phenols is 1. The molecule has 0 amide bonds. The van der Waals surface area contributed by atoms with Gasteiger partial charge in [0.2, 0.25) is 0 Å². The lowest BCUT2D eigenvalue weighted by Crippen LogP contribution is -2.08. The van der Waals surface area contributed by atoms with Gasteiger partial charge < -0.3 is 10.2 Å². The van der Waals surface area contributed by atoms with E-state index in [0.29, 0.717) is 0 Å². The van der Waals surface area contributed by atoms with Crippen LogP contribution in [0.5, 0.6) is 5.75 Å². The molecule has 0 aromatic heterocycles. The van der Waals surface area contributed by atoms with Gasteiger partial charge in [-0.15, -0.1) is 0 Å². The van der Waals surface area contributed by atoms with Gasteiger partial charge in [-0.05, 0) is 30.5 Å². The van der Waals surface area contributed by atoms with Crippen molar-refractivity contribution in [3.8, 4) is 5.75 Å². The molecule has 13 heavy (non-hydrogen) atoms. The van der Waals surface area contributed by atoms with Crippen LogP contribution in [-0.2, 0) is 5.41 Å². The summed E-state index contributed by atoms with van der Waals surface area (Å²) in [4.78, 5) is 0. The molecule has 0 spiro atoms. The Morgan fingerprint density at radius 2 is 1.77 bits per heavy atom. The van der Waals surface area contributed by atoms with Crippen molar-refractivity contribution in [2.45, 2.75) is 18.3 Å². The fourth-order valence-corrected chi connectivity index (χ4v) is 1.65. The highest BCUT2D eigenvalue weighted by molar-refractivity contribution is 5.41. The number of hydrogen-bond donors (Lipinski definition) is 2. The third kappa shape index (κ3) is 1.18. The number of phenolic OH excluding ortho intramolecular Hbond substituents is 1. The summed E-state index contributed by atoms with van der Waals surface area (Å²) in [6.07, 6.45) is 1.90. The van der Waals surface area contributed by atoms with Crippen molar-refractivity contribution < 1.29 is 10.2 Å². The fraction of sp³-hybridized carbons (Fsp3) is 0.273. The molecule has 1 aliphatic carbocycles. The topological polar surface area (TPSA) is 40.5 Å². The molecule has 68 valence electrons. The van der Waals surface area contributed by atoms with Crippen molar-refractivity contribution in [3.05, 3.63) is 42.2 Å². The second-order valence-corrected chi connectivity index (χ2v) is 3.58. The van der Waals surface area contributed by atoms with Crippen LogP contribution in [0, 0.1) is 0 Å². The van der Waals surface area contributed by atoms with Gasteiger partial charge in [0.1, 0.15) is 5.75 Å². The number of rotatable bonds is 2. The lowest BCUT2D eigenvalue weighted by Gasteiger charge is -2.13. The van der Waals surface area contributed by atoms with Crippen molar-refractivity contribution in [1.29, 1.82) is 0 Å². The summed E-state index contributed by atoms with van der Waals surface area (Å²) >= 11 is 0. The van der Waals surface area contributed by atoms with E-state index in [1.54, 1.807) is 12.1 Å². The first-order valence-electron chi connectivity index (χ1n) is 4.33. The Labute approximate surface area is 77.1 Å². The molecular formula is C11H12O2. The lowest BCUT2D eigenvalue weighted by molar-refractivity contribution is 0.361. The van der Waals surface area contributed by atoms with Crippen LogP contribution in [0.2, 0.25) is 0 Å². The van der Waals surface area contributed by atoms with Gasteiger partial charge in [0, 0.05) is 0 Å². The summed E-state index contributed by atoms with van der Waals surface area (Å²) in [6, 6.07) is 6.95. The molecule has 0 atom stereocenters. The van der Waals surface area contributed by atoms with Crippen LogP contribution < -0.4 is 0 Å². The van der Waals surface area contributed by atoms with Gasteiger partial charge in [0.05, 0.1) is 11.2 Å². The first-order chi connectivity index (χ1) is 6.15. The second kappa shape index (κ2) is 2.52. The average molecular weight is 176 g/mol. The third-order valence-electron chi connectivity index (χ3n) is 2.72. The average Bonchev–Trinajstić information content (AvgIpc) is 2.86. The van der Waals surface area contributed by atoms with Crippen molar-refractivity contribution in [2.75, 3.05) is 0 Å². The fourth-order valence-electron chi connectivity index (χ4n) is 1.65. The quantitative estimate of drug-likeness (QED) is 0.679. The van der Waals surface area contributed by atoms with Crippen LogP contribution in [0.4, 0.5) is 0 Å². The monoisotopic (exact) mass is 176 g/mol. The van der Waals surface area contributed by atoms with Gasteiger partial charge in [-0.3, -0.25) is 0 Å². The van der Waals surface area contributed by atoms with Gasteiger partial charge in [-0.2, -0.15) is 0 Å². The van der Waals surface area contributed by atoms with E-state index >= 15 is 0 Å². The number of hydrogen-bond acceptors (Lipinski definition) is 2. The zero-order chi connectivity index (χ0) is 9.47. The van der Waals surface area contributed by atoms with E-state index in [0.717, 1.165) is 18.4 Å². The summed E-state index contributed by atoms with van der Waals surface area (Å²) in [5.74, 6) is 0.487. The zero-order valence-electron chi connectivity index (χ0n) is 7.33. The van der Waals surface area contributed by atoms with Crippen molar-refractivity contribution >= 4 is 0 Å². The van der Waals surface area contributed by atoms with Gasteiger partial charge in [0.15, 0.2) is 0 Å². The molecule has 1 aromatic rings. The normalized spacial score (nSPS) is 18.2. The molecule has 1 aliphatic rings. The molecule has 0 unspecified atom stereocenters. The van der Waals surface area contributed by atoms with E-state index in [9.17, 15) is 5.11 Å². The molecule has 1 fully saturated rings. The summed E-state index contributed by atoms with van der Waals surface area (Å²) < 4.78 is 0. The number of benzene rings is 1.